The lowest BCUT2D eigenvalue weighted by atomic mass is 9.80. The van der Waals surface area contributed by atoms with Crippen molar-refractivity contribution in [3.63, 3.8) is 0 Å². The van der Waals surface area contributed by atoms with Crippen LogP contribution in [-0.4, -0.2) is 41.8 Å². The Hall–Kier alpha value is -3.48. The van der Waals surface area contributed by atoms with Crippen molar-refractivity contribution in [3.05, 3.63) is 63.7 Å². The maximum absolute atomic E-state index is 13.0. The van der Waals surface area contributed by atoms with E-state index in [4.69, 9.17) is 9.47 Å². The molecule has 3 rings (SSSR count). The SMILES string of the molecule is CCOC(=O)c1cc(C(=O)OCC)c2c(c1)C(=O)c1cccc(O)c1C2=O. The van der Waals surface area contributed by atoms with E-state index in [0.717, 1.165) is 0 Å². The van der Waals surface area contributed by atoms with E-state index in [1.54, 1.807) is 13.8 Å². The largest absolute Gasteiger partial charge is 0.507 e. The van der Waals surface area contributed by atoms with Crippen LogP contribution in [0.15, 0.2) is 30.3 Å². The number of hydrogen-bond acceptors (Lipinski definition) is 7. The third kappa shape index (κ3) is 2.97. The normalized spacial score (nSPS) is 12.2. The maximum atomic E-state index is 13.0. The van der Waals surface area contributed by atoms with Crippen LogP contribution in [0.3, 0.4) is 0 Å². The number of fused-ring (bicyclic) bond motifs is 2. The van der Waals surface area contributed by atoms with Crippen molar-refractivity contribution < 1.29 is 33.8 Å². The van der Waals surface area contributed by atoms with Crippen molar-refractivity contribution in [1.29, 1.82) is 0 Å². The van der Waals surface area contributed by atoms with Gasteiger partial charge in [-0.3, -0.25) is 9.59 Å². The molecule has 138 valence electrons. The number of aromatic hydroxyl groups is 1. The highest BCUT2D eigenvalue weighted by atomic mass is 16.5. The Morgan fingerprint density at radius 2 is 1.56 bits per heavy atom. The first kappa shape index (κ1) is 18.3. The second kappa shape index (κ2) is 7.03. The van der Waals surface area contributed by atoms with E-state index in [9.17, 15) is 24.3 Å². The molecule has 0 saturated carbocycles. The third-order valence-electron chi connectivity index (χ3n) is 4.13. The molecule has 1 aliphatic rings. The molecular formula is C20H16O7. The molecule has 27 heavy (non-hydrogen) atoms. The summed E-state index contributed by atoms with van der Waals surface area (Å²) in [5, 5.41) is 10.1. The zero-order chi connectivity index (χ0) is 19.7. The van der Waals surface area contributed by atoms with Crippen LogP contribution < -0.4 is 0 Å². The highest BCUT2D eigenvalue weighted by Crippen LogP contribution is 2.35. The van der Waals surface area contributed by atoms with E-state index in [0.29, 0.717) is 0 Å². The van der Waals surface area contributed by atoms with Crippen molar-refractivity contribution in [2.24, 2.45) is 0 Å². The molecule has 0 unspecified atom stereocenters. The molecule has 0 spiro atoms. The summed E-state index contributed by atoms with van der Waals surface area (Å²) in [7, 11) is 0. The van der Waals surface area contributed by atoms with Gasteiger partial charge in [-0.2, -0.15) is 0 Å². The summed E-state index contributed by atoms with van der Waals surface area (Å²) < 4.78 is 9.91. The Labute approximate surface area is 154 Å². The van der Waals surface area contributed by atoms with Gasteiger partial charge < -0.3 is 14.6 Å². The van der Waals surface area contributed by atoms with Gasteiger partial charge in [0, 0.05) is 16.7 Å². The Kier molecular flexibility index (Phi) is 4.77. The number of carbonyl (C=O) groups excluding carboxylic acids is 4. The smallest absolute Gasteiger partial charge is 0.338 e. The van der Waals surface area contributed by atoms with Gasteiger partial charge in [0.25, 0.3) is 0 Å². The number of ether oxygens (including phenoxy) is 2. The predicted octanol–water partition coefficient (Wildman–Crippen LogP) is 2.52. The minimum absolute atomic E-state index is 0.00307. The molecule has 0 heterocycles. The first-order valence-corrected chi connectivity index (χ1v) is 8.34. The van der Waals surface area contributed by atoms with Crippen LogP contribution in [0.25, 0.3) is 0 Å². The van der Waals surface area contributed by atoms with Gasteiger partial charge in [0.1, 0.15) is 5.75 Å². The summed E-state index contributed by atoms with van der Waals surface area (Å²) in [6.07, 6.45) is 0. The highest BCUT2D eigenvalue weighted by molar-refractivity contribution is 6.31. The summed E-state index contributed by atoms with van der Waals surface area (Å²) in [6, 6.07) is 6.52. The second-order valence-corrected chi connectivity index (χ2v) is 5.75. The molecule has 2 aromatic carbocycles. The van der Waals surface area contributed by atoms with E-state index in [1.807, 2.05) is 0 Å². The topological polar surface area (TPSA) is 107 Å². The van der Waals surface area contributed by atoms with Crippen molar-refractivity contribution in [2.75, 3.05) is 13.2 Å². The van der Waals surface area contributed by atoms with Gasteiger partial charge in [-0.05, 0) is 32.0 Å². The minimum atomic E-state index is -0.847. The van der Waals surface area contributed by atoms with Gasteiger partial charge in [0.2, 0.25) is 0 Å². The minimum Gasteiger partial charge on any atom is -0.507 e. The average Bonchev–Trinajstić information content (AvgIpc) is 2.65. The lowest BCUT2D eigenvalue weighted by Crippen LogP contribution is -2.26. The Morgan fingerprint density at radius 3 is 2.22 bits per heavy atom. The monoisotopic (exact) mass is 368 g/mol. The fourth-order valence-electron chi connectivity index (χ4n) is 3.01. The Balaban J connectivity index is 2.29. The number of benzene rings is 2. The van der Waals surface area contributed by atoms with Gasteiger partial charge in [-0.15, -0.1) is 0 Å². The number of phenols is 1. The van der Waals surface area contributed by atoms with Gasteiger partial charge in [-0.1, -0.05) is 12.1 Å². The molecule has 1 N–H and O–H groups in total. The van der Waals surface area contributed by atoms with Crippen LogP contribution in [0, 0.1) is 0 Å². The van der Waals surface area contributed by atoms with Crippen LogP contribution in [0.4, 0.5) is 0 Å². The fourth-order valence-corrected chi connectivity index (χ4v) is 3.01. The second-order valence-electron chi connectivity index (χ2n) is 5.75. The predicted molar refractivity (Wildman–Crippen MR) is 93.3 cm³/mol. The number of ketones is 2. The lowest BCUT2D eigenvalue weighted by molar-refractivity contribution is 0.0522. The molecule has 0 bridgehead atoms. The summed E-state index contributed by atoms with van der Waals surface area (Å²) in [5.74, 6) is -3.20. The molecule has 0 aromatic heterocycles. The van der Waals surface area contributed by atoms with Crippen LogP contribution in [0.5, 0.6) is 5.75 Å². The Morgan fingerprint density at radius 1 is 0.889 bits per heavy atom. The molecule has 7 heteroatoms. The molecule has 0 radical (unpaired) electrons. The number of phenolic OH excluding ortho intramolecular Hbond substituents is 1. The van der Waals surface area contributed by atoms with Crippen LogP contribution in [0.1, 0.15) is 66.4 Å². The molecule has 7 nitrogen and oxygen atoms in total. The van der Waals surface area contributed by atoms with E-state index >= 15 is 0 Å². The summed E-state index contributed by atoms with van der Waals surface area (Å²) in [4.78, 5) is 50.4. The first-order valence-electron chi connectivity index (χ1n) is 8.34. The average molecular weight is 368 g/mol. The van der Waals surface area contributed by atoms with Gasteiger partial charge in [-0.25, -0.2) is 9.59 Å². The maximum Gasteiger partial charge on any atom is 0.338 e. The highest BCUT2D eigenvalue weighted by Gasteiger charge is 2.36. The molecule has 0 aliphatic heterocycles. The van der Waals surface area contributed by atoms with Crippen molar-refractivity contribution in [3.8, 4) is 5.75 Å². The summed E-state index contributed by atoms with van der Waals surface area (Å²) >= 11 is 0. The first-order chi connectivity index (χ1) is 12.9. The summed E-state index contributed by atoms with van der Waals surface area (Å²) in [6.45, 7) is 3.36. The van der Waals surface area contributed by atoms with Gasteiger partial charge in [0.05, 0.1) is 29.9 Å². The summed E-state index contributed by atoms with van der Waals surface area (Å²) in [5.41, 5.74) is -0.729. The van der Waals surface area contributed by atoms with Crippen LogP contribution >= 0.6 is 0 Å². The van der Waals surface area contributed by atoms with E-state index in [-0.39, 0.29) is 52.3 Å². The van der Waals surface area contributed by atoms with Crippen molar-refractivity contribution in [2.45, 2.75) is 13.8 Å². The molecule has 2 aromatic rings. The standard InChI is InChI=1S/C20H16O7/c1-3-26-19(24)10-8-12-15(13(9-10)20(25)27-4-2)18(23)16-11(17(12)22)6-5-7-14(16)21/h5-9,21H,3-4H2,1-2H3. The van der Waals surface area contributed by atoms with E-state index < -0.39 is 23.5 Å². The molecule has 0 atom stereocenters. The molecule has 0 saturated heterocycles. The number of rotatable bonds is 4. The third-order valence-corrected chi connectivity index (χ3v) is 4.13. The molecule has 0 fully saturated rings. The lowest BCUT2D eigenvalue weighted by Gasteiger charge is -2.21. The van der Waals surface area contributed by atoms with E-state index in [1.165, 1.54) is 30.3 Å². The number of esters is 2. The fraction of sp³-hybridized carbons (Fsp3) is 0.200. The number of carbonyl (C=O) groups is 4. The van der Waals surface area contributed by atoms with Crippen molar-refractivity contribution in [1.82, 2.24) is 0 Å². The zero-order valence-electron chi connectivity index (χ0n) is 14.7. The van der Waals surface area contributed by atoms with Gasteiger partial charge in [0.15, 0.2) is 11.6 Å². The Bertz CT molecular complexity index is 988. The quantitative estimate of drug-likeness (QED) is 0.705. The van der Waals surface area contributed by atoms with Crippen molar-refractivity contribution >= 4 is 23.5 Å². The zero-order valence-corrected chi connectivity index (χ0v) is 14.7. The molecule has 0 amide bonds. The van der Waals surface area contributed by atoms with Gasteiger partial charge >= 0.3 is 11.9 Å². The number of hydrogen-bond donors (Lipinski definition) is 1. The molecule has 1 aliphatic carbocycles. The van der Waals surface area contributed by atoms with E-state index in [2.05, 4.69) is 0 Å². The van der Waals surface area contributed by atoms with Crippen LogP contribution in [-0.2, 0) is 9.47 Å². The van der Waals surface area contributed by atoms with Crippen LogP contribution in [0.2, 0.25) is 0 Å². The molecular weight excluding hydrogens is 352 g/mol.